The van der Waals surface area contributed by atoms with Crippen LogP contribution in [0, 0.1) is 0 Å². The number of nitrogens with two attached hydrogens (primary N) is 1. The van der Waals surface area contributed by atoms with Gasteiger partial charge < -0.3 is 15.4 Å². The monoisotopic (exact) mass is 306 g/mol. The van der Waals surface area contributed by atoms with Crippen LogP contribution in [0.15, 0.2) is 12.1 Å². The largest absolute Gasteiger partial charge is 0.477 e. The van der Waals surface area contributed by atoms with Crippen molar-refractivity contribution in [3.8, 4) is 5.75 Å². The van der Waals surface area contributed by atoms with Crippen LogP contribution in [0.5, 0.6) is 5.75 Å². The normalized spacial score (nSPS) is 17.0. The Balaban J connectivity index is 2.33. The van der Waals surface area contributed by atoms with Gasteiger partial charge in [-0.3, -0.25) is 14.5 Å². The van der Waals surface area contributed by atoms with Gasteiger partial charge in [0.05, 0.1) is 0 Å². The van der Waals surface area contributed by atoms with E-state index in [9.17, 15) is 9.59 Å². The second-order valence-electron chi connectivity index (χ2n) is 5.06. The number of hydrogen-bond acceptors (Lipinski definition) is 5. The molecule has 0 bridgehead atoms. The Morgan fingerprint density at radius 2 is 2.05 bits per heavy atom. The fourth-order valence-corrected chi connectivity index (χ4v) is 2.44. The maximum atomic E-state index is 12.5. The highest BCUT2D eigenvalue weighted by atomic mass is 16.5. The minimum atomic E-state index is -0.595. The number of fused-ring (bicyclic) bond motifs is 1. The molecule has 7 nitrogen and oxygen atoms in total. The SMILES string of the molecule is CCC1Oc2ccc(N)nc2N(CC(=O)N(CC)CC)C1=O. The van der Waals surface area contributed by atoms with Gasteiger partial charge in [0, 0.05) is 13.1 Å². The summed E-state index contributed by atoms with van der Waals surface area (Å²) in [5.74, 6) is 0.701. The number of hydrogen-bond donors (Lipinski definition) is 1. The first-order valence-electron chi connectivity index (χ1n) is 7.54. The smallest absolute Gasteiger partial charge is 0.269 e. The van der Waals surface area contributed by atoms with Crippen LogP contribution in [0.1, 0.15) is 27.2 Å². The third-order valence-electron chi connectivity index (χ3n) is 3.71. The molecule has 1 aromatic rings. The van der Waals surface area contributed by atoms with Gasteiger partial charge in [-0.05, 0) is 32.4 Å². The van der Waals surface area contributed by atoms with Crippen LogP contribution in [-0.4, -0.2) is 47.4 Å². The van der Waals surface area contributed by atoms with Gasteiger partial charge in [0.25, 0.3) is 5.91 Å². The molecule has 2 heterocycles. The maximum Gasteiger partial charge on any atom is 0.269 e. The van der Waals surface area contributed by atoms with Gasteiger partial charge in [-0.15, -0.1) is 0 Å². The van der Waals surface area contributed by atoms with Crippen LogP contribution < -0.4 is 15.4 Å². The van der Waals surface area contributed by atoms with Gasteiger partial charge in [-0.25, -0.2) is 4.98 Å². The van der Waals surface area contributed by atoms with Crippen LogP contribution in [0.4, 0.5) is 11.6 Å². The van der Waals surface area contributed by atoms with Gasteiger partial charge >= 0.3 is 0 Å². The molecule has 2 N–H and O–H groups in total. The summed E-state index contributed by atoms with van der Waals surface area (Å²) in [5.41, 5.74) is 5.70. The van der Waals surface area contributed by atoms with Crippen molar-refractivity contribution in [3.63, 3.8) is 0 Å². The van der Waals surface area contributed by atoms with Gasteiger partial charge in [0.1, 0.15) is 12.4 Å². The predicted molar refractivity (Wildman–Crippen MR) is 83.6 cm³/mol. The van der Waals surface area contributed by atoms with Crippen molar-refractivity contribution in [3.05, 3.63) is 12.1 Å². The topological polar surface area (TPSA) is 88.8 Å². The summed E-state index contributed by atoms with van der Waals surface area (Å²) >= 11 is 0. The molecule has 2 amide bonds. The van der Waals surface area contributed by atoms with Crippen molar-refractivity contribution >= 4 is 23.5 Å². The highest BCUT2D eigenvalue weighted by Crippen LogP contribution is 2.33. The third-order valence-corrected chi connectivity index (χ3v) is 3.71. The van der Waals surface area contributed by atoms with Crippen LogP contribution >= 0.6 is 0 Å². The molecule has 1 aliphatic rings. The Kier molecular flexibility index (Phi) is 4.85. The van der Waals surface area contributed by atoms with Crippen LogP contribution in [0.3, 0.4) is 0 Å². The number of nitrogen functional groups attached to an aromatic ring is 1. The van der Waals surface area contributed by atoms with Gasteiger partial charge in [0.2, 0.25) is 5.91 Å². The molecule has 0 saturated heterocycles. The van der Waals surface area contributed by atoms with E-state index in [2.05, 4.69) is 4.98 Å². The summed E-state index contributed by atoms with van der Waals surface area (Å²) in [6.45, 7) is 6.82. The number of anilines is 2. The summed E-state index contributed by atoms with van der Waals surface area (Å²) in [4.78, 5) is 32.1. The minimum Gasteiger partial charge on any atom is -0.477 e. The molecule has 0 saturated carbocycles. The fraction of sp³-hybridized carbons (Fsp3) is 0.533. The Morgan fingerprint density at radius 1 is 1.36 bits per heavy atom. The van der Waals surface area contributed by atoms with Crippen molar-refractivity contribution in [1.82, 2.24) is 9.88 Å². The second kappa shape index (κ2) is 6.64. The second-order valence-corrected chi connectivity index (χ2v) is 5.06. The number of pyridine rings is 1. The highest BCUT2D eigenvalue weighted by molar-refractivity contribution is 6.03. The number of likely N-dealkylation sites (N-methyl/N-ethyl adjacent to an activating group) is 1. The molecule has 1 aromatic heterocycles. The first kappa shape index (κ1) is 16.1. The Morgan fingerprint density at radius 3 is 2.64 bits per heavy atom. The summed E-state index contributed by atoms with van der Waals surface area (Å²) in [5, 5.41) is 0. The van der Waals surface area contributed by atoms with E-state index in [0.29, 0.717) is 31.1 Å². The first-order chi connectivity index (χ1) is 10.5. The van der Waals surface area contributed by atoms with Gasteiger partial charge in [-0.2, -0.15) is 0 Å². The molecule has 0 fully saturated rings. The molecular formula is C15H22N4O3. The number of ether oxygens (including phenoxy) is 1. The molecule has 120 valence electrons. The number of nitrogens with zero attached hydrogens (tertiary/aromatic N) is 3. The molecule has 0 spiro atoms. The maximum absolute atomic E-state index is 12.5. The zero-order chi connectivity index (χ0) is 16.3. The fourth-order valence-electron chi connectivity index (χ4n) is 2.44. The molecule has 0 aromatic carbocycles. The van der Waals surface area contributed by atoms with E-state index >= 15 is 0 Å². The van der Waals surface area contributed by atoms with Crippen molar-refractivity contribution < 1.29 is 14.3 Å². The molecule has 0 aliphatic carbocycles. The van der Waals surface area contributed by atoms with Crippen LogP contribution in [0.2, 0.25) is 0 Å². The van der Waals surface area contributed by atoms with Gasteiger partial charge in [0.15, 0.2) is 17.7 Å². The number of amides is 2. The average Bonchev–Trinajstić information content (AvgIpc) is 2.51. The molecule has 1 aliphatic heterocycles. The lowest BCUT2D eigenvalue weighted by atomic mass is 10.2. The summed E-state index contributed by atoms with van der Waals surface area (Å²) < 4.78 is 5.64. The summed E-state index contributed by atoms with van der Waals surface area (Å²) in [7, 11) is 0. The van der Waals surface area contributed by atoms with E-state index < -0.39 is 6.10 Å². The van der Waals surface area contributed by atoms with Crippen molar-refractivity contribution in [2.45, 2.75) is 33.3 Å². The molecule has 7 heteroatoms. The molecule has 22 heavy (non-hydrogen) atoms. The predicted octanol–water partition coefficient (Wildman–Crippen LogP) is 1.04. The molecule has 0 radical (unpaired) electrons. The van der Waals surface area contributed by atoms with Crippen molar-refractivity contribution in [1.29, 1.82) is 0 Å². The highest BCUT2D eigenvalue weighted by Gasteiger charge is 2.36. The van der Waals surface area contributed by atoms with E-state index in [1.54, 1.807) is 17.0 Å². The first-order valence-corrected chi connectivity index (χ1v) is 7.54. The van der Waals surface area contributed by atoms with Crippen molar-refractivity contribution in [2.75, 3.05) is 30.3 Å². The number of rotatable bonds is 5. The van der Waals surface area contributed by atoms with E-state index in [0.717, 1.165) is 0 Å². The van der Waals surface area contributed by atoms with Crippen LogP contribution in [0.25, 0.3) is 0 Å². The third kappa shape index (κ3) is 2.98. The average molecular weight is 306 g/mol. The molecule has 2 rings (SSSR count). The molecule has 1 unspecified atom stereocenters. The Bertz CT molecular complexity index is 572. The molecular weight excluding hydrogens is 284 g/mol. The van der Waals surface area contributed by atoms with E-state index in [1.807, 2.05) is 20.8 Å². The number of carbonyl (C=O) groups excluding carboxylic acids is 2. The Hall–Kier alpha value is -2.31. The minimum absolute atomic E-state index is 0.0518. The molecule has 1 atom stereocenters. The standard InChI is InChI=1S/C15H22N4O3/c1-4-10-15(21)19(9-13(20)18(5-2)6-3)14-11(22-10)7-8-12(16)17-14/h7-8,10H,4-6,9H2,1-3H3,(H2,16,17). The number of carbonyl (C=O) groups is 2. The lowest BCUT2D eigenvalue weighted by Gasteiger charge is -2.33. The zero-order valence-corrected chi connectivity index (χ0v) is 13.2. The van der Waals surface area contributed by atoms with E-state index in [-0.39, 0.29) is 24.2 Å². The quantitative estimate of drug-likeness (QED) is 0.878. The lowest BCUT2D eigenvalue weighted by Crippen LogP contribution is -2.50. The number of aromatic nitrogens is 1. The van der Waals surface area contributed by atoms with Crippen LogP contribution in [-0.2, 0) is 9.59 Å². The summed E-state index contributed by atoms with van der Waals surface area (Å²) in [6.07, 6.45) is -0.0686. The van der Waals surface area contributed by atoms with Gasteiger partial charge in [-0.1, -0.05) is 6.92 Å². The van der Waals surface area contributed by atoms with E-state index in [1.165, 1.54) is 4.90 Å². The van der Waals surface area contributed by atoms with E-state index in [4.69, 9.17) is 10.5 Å². The zero-order valence-electron chi connectivity index (χ0n) is 13.2. The van der Waals surface area contributed by atoms with Crippen molar-refractivity contribution in [2.24, 2.45) is 0 Å². The lowest BCUT2D eigenvalue weighted by molar-refractivity contribution is -0.133. The summed E-state index contributed by atoms with van der Waals surface area (Å²) in [6, 6.07) is 3.30. The Labute approximate surface area is 130 Å².